The van der Waals surface area contributed by atoms with Crippen LogP contribution in [0.2, 0.25) is 15.1 Å². The molecule has 4 aromatic rings. The molecule has 2 heterocycles. The predicted molar refractivity (Wildman–Crippen MR) is 132 cm³/mol. The van der Waals surface area contributed by atoms with E-state index in [0.29, 0.717) is 22.0 Å². The van der Waals surface area contributed by atoms with Gasteiger partial charge in [-0.25, -0.2) is 13.1 Å². The standard InChI is InChI=1S/C23H16Cl3F3N4O3S/c1-37(34,35)19-17(20-30-31-21(36-20)22(9-2-10-22)23(27,28)29)32-33(16-8-7-14(25)11-15(16)26)18(19)12-3-5-13(24)6-4-12/h3-8,11H,2,9-10H2,1H3. The van der Waals surface area contributed by atoms with Crippen LogP contribution in [0.1, 0.15) is 25.2 Å². The van der Waals surface area contributed by atoms with Crippen molar-refractivity contribution in [3.8, 4) is 28.5 Å². The summed E-state index contributed by atoms with van der Waals surface area (Å²) < 4.78 is 74.5. The van der Waals surface area contributed by atoms with E-state index in [1.807, 2.05) is 0 Å². The van der Waals surface area contributed by atoms with Crippen molar-refractivity contribution in [3.63, 3.8) is 0 Å². The minimum atomic E-state index is -4.61. The fraction of sp³-hybridized carbons (Fsp3) is 0.261. The highest BCUT2D eigenvalue weighted by atomic mass is 35.5. The zero-order valence-electron chi connectivity index (χ0n) is 18.9. The van der Waals surface area contributed by atoms with E-state index >= 15 is 0 Å². The van der Waals surface area contributed by atoms with E-state index < -0.39 is 33.2 Å². The fourth-order valence-electron chi connectivity index (χ4n) is 4.24. The van der Waals surface area contributed by atoms with Gasteiger partial charge in [0.05, 0.1) is 16.4 Å². The van der Waals surface area contributed by atoms with Crippen molar-refractivity contribution in [1.29, 1.82) is 0 Å². The van der Waals surface area contributed by atoms with Crippen molar-refractivity contribution in [1.82, 2.24) is 20.0 Å². The summed E-state index contributed by atoms with van der Waals surface area (Å²) in [7, 11) is -4.06. The lowest BCUT2D eigenvalue weighted by Gasteiger charge is -2.39. The molecule has 14 heteroatoms. The molecule has 0 saturated heterocycles. The number of aromatic nitrogens is 4. The van der Waals surface area contributed by atoms with Crippen molar-refractivity contribution in [3.05, 3.63) is 63.4 Å². The van der Waals surface area contributed by atoms with Gasteiger partial charge < -0.3 is 4.42 Å². The normalized spacial score (nSPS) is 15.5. The Labute approximate surface area is 224 Å². The van der Waals surface area contributed by atoms with Gasteiger partial charge in [0.15, 0.2) is 15.5 Å². The van der Waals surface area contributed by atoms with Crippen LogP contribution in [-0.4, -0.2) is 40.8 Å². The fourth-order valence-corrected chi connectivity index (χ4v) is 5.89. The molecule has 1 aliphatic rings. The van der Waals surface area contributed by atoms with E-state index in [4.69, 9.17) is 39.2 Å². The number of alkyl halides is 3. The molecular formula is C23H16Cl3F3N4O3S. The molecule has 0 atom stereocenters. The summed E-state index contributed by atoms with van der Waals surface area (Å²) in [5, 5.41) is 12.7. The Morgan fingerprint density at radius 1 is 1.00 bits per heavy atom. The van der Waals surface area contributed by atoms with Crippen molar-refractivity contribution in [2.75, 3.05) is 6.26 Å². The first-order valence-electron chi connectivity index (χ1n) is 10.8. The Hall–Kier alpha value is -2.60. The van der Waals surface area contributed by atoms with Crippen LogP contribution in [0.15, 0.2) is 51.8 Å². The molecule has 7 nitrogen and oxygen atoms in total. The molecule has 1 aliphatic carbocycles. The molecule has 2 aromatic heterocycles. The zero-order chi connectivity index (χ0) is 26.8. The summed E-state index contributed by atoms with van der Waals surface area (Å²) in [5.74, 6) is -1.10. The Morgan fingerprint density at radius 2 is 1.65 bits per heavy atom. The van der Waals surface area contributed by atoms with Crippen molar-refractivity contribution in [2.24, 2.45) is 0 Å². The molecule has 37 heavy (non-hydrogen) atoms. The molecule has 1 saturated carbocycles. The van der Waals surface area contributed by atoms with E-state index in [1.165, 1.54) is 22.9 Å². The van der Waals surface area contributed by atoms with Gasteiger partial charge in [0.25, 0.3) is 5.89 Å². The highest BCUT2D eigenvalue weighted by molar-refractivity contribution is 7.91. The first kappa shape index (κ1) is 26.0. The van der Waals surface area contributed by atoms with Crippen LogP contribution in [0, 0.1) is 0 Å². The molecule has 5 rings (SSSR count). The minimum absolute atomic E-state index is 0.0762. The van der Waals surface area contributed by atoms with Crippen LogP contribution >= 0.6 is 34.8 Å². The molecular weight excluding hydrogens is 576 g/mol. The summed E-state index contributed by atoms with van der Waals surface area (Å²) in [6, 6.07) is 10.8. The second kappa shape index (κ2) is 9.00. The number of hydrogen-bond donors (Lipinski definition) is 0. The van der Waals surface area contributed by atoms with Gasteiger partial charge in [-0.05, 0) is 43.2 Å². The lowest BCUT2D eigenvalue weighted by Crippen LogP contribution is -2.48. The third-order valence-corrected chi connectivity index (χ3v) is 8.17. The van der Waals surface area contributed by atoms with Crippen molar-refractivity contribution >= 4 is 44.6 Å². The van der Waals surface area contributed by atoms with Gasteiger partial charge in [-0.3, -0.25) is 0 Å². The highest BCUT2D eigenvalue weighted by Crippen LogP contribution is 2.54. The SMILES string of the molecule is CS(=O)(=O)c1c(-c2nnc(C3(C(F)(F)F)CCC3)o2)nn(-c2ccc(Cl)cc2Cl)c1-c1ccc(Cl)cc1. The van der Waals surface area contributed by atoms with E-state index in [-0.39, 0.29) is 39.8 Å². The molecule has 0 bridgehead atoms. The quantitative estimate of drug-likeness (QED) is 0.250. The number of sulfone groups is 1. The topological polar surface area (TPSA) is 90.9 Å². The van der Waals surface area contributed by atoms with Crippen LogP contribution in [-0.2, 0) is 15.3 Å². The van der Waals surface area contributed by atoms with Gasteiger partial charge >= 0.3 is 6.18 Å². The molecule has 0 unspecified atom stereocenters. The predicted octanol–water partition coefficient (Wildman–Crippen LogP) is 6.94. The van der Waals surface area contributed by atoms with Crippen LogP contribution in [0.3, 0.4) is 0 Å². The highest BCUT2D eigenvalue weighted by Gasteiger charge is 2.63. The zero-order valence-corrected chi connectivity index (χ0v) is 21.9. The summed E-state index contributed by atoms with van der Waals surface area (Å²) in [6.07, 6.45) is -3.74. The summed E-state index contributed by atoms with van der Waals surface area (Å²) in [4.78, 5) is -0.328. The Bertz CT molecular complexity index is 1610. The first-order valence-corrected chi connectivity index (χ1v) is 13.8. The van der Waals surface area contributed by atoms with Gasteiger partial charge in [0.2, 0.25) is 5.89 Å². The molecule has 1 fully saturated rings. The maximum atomic E-state index is 13.9. The number of benzene rings is 2. The van der Waals surface area contributed by atoms with Gasteiger partial charge in [0.1, 0.15) is 10.3 Å². The Kier molecular flexibility index (Phi) is 6.33. The largest absolute Gasteiger partial charge is 0.418 e. The number of nitrogens with zero attached hydrogens (tertiary/aromatic N) is 4. The Balaban J connectivity index is 1.80. The maximum absolute atomic E-state index is 13.9. The maximum Gasteiger partial charge on any atom is 0.403 e. The lowest BCUT2D eigenvalue weighted by atomic mass is 9.68. The second-order valence-electron chi connectivity index (χ2n) is 8.66. The van der Waals surface area contributed by atoms with Gasteiger partial charge in [-0.15, -0.1) is 10.2 Å². The van der Waals surface area contributed by atoms with Gasteiger partial charge in [0, 0.05) is 21.9 Å². The van der Waals surface area contributed by atoms with E-state index in [1.54, 1.807) is 24.3 Å². The average Bonchev–Trinajstić information content (AvgIpc) is 3.38. The summed E-state index contributed by atoms with van der Waals surface area (Å²) >= 11 is 18.5. The average molecular weight is 592 g/mol. The second-order valence-corrected chi connectivity index (χ2v) is 11.9. The molecule has 2 aromatic carbocycles. The van der Waals surface area contributed by atoms with Gasteiger partial charge in [-0.2, -0.15) is 18.3 Å². The minimum Gasteiger partial charge on any atom is -0.418 e. The molecule has 0 N–H and O–H groups in total. The smallest absolute Gasteiger partial charge is 0.403 e. The number of rotatable bonds is 5. The molecule has 194 valence electrons. The van der Waals surface area contributed by atoms with Crippen LogP contribution in [0.5, 0.6) is 0 Å². The molecule has 0 aliphatic heterocycles. The van der Waals surface area contributed by atoms with Crippen molar-refractivity contribution < 1.29 is 26.0 Å². The van der Waals surface area contributed by atoms with Crippen LogP contribution < -0.4 is 0 Å². The first-order chi connectivity index (χ1) is 17.3. The van der Waals surface area contributed by atoms with Gasteiger partial charge in [-0.1, -0.05) is 53.4 Å². The molecule has 0 spiro atoms. The summed E-state index contributed by atoms with van der Waals surface area (Å²) in [6.45, 7) is 0. The van der Waals surface area contributed by atoms with E-state index in [0.717, 1.165) is 6.26 Å². The van der Waals surface area contributed by atoms with Crippen LogP contribution in [0.4, 0.5) is 13.2 Å². The molecule has 0 radical (unpaired) electrons. The third-order valence-electron chi connectivity index (χ3n) is 6.26. The molecule has 0 amide bonds. The van der Waals surface area contributed by atoms with E-state index in [9.17, 15) is 21.6 Å². The monoisotopic (exact) mass is 590 g/mol. The lowest BCUT2D eigenvalue weighted by molar-refractivity contribution is -0.219. The Morgan fingerprint density at radius 3 is 2.19 bits per heavy atom. The summed E-state index contributed by atoms with van der Waals surface area (Å²) in [5.41, 5.74) is -1.86. The van der Waals surface area contributed by atoms with E-state index in [2.05, 4.69) is 15.3 Å². The van der Waals surface area contributed by atoms with Crippen LogP contribution in [0.25, 0.3) is 28.5 Å². The third kappa shape index (κ3) is 4.41. The number of hydrogen-bond acceptors (Lipinski definition) is 6. The van der Waals surface area contributed by atoms with Crippen molar-refractivity contribution in [2.45, 2.75) is 35.7 Å². The number of halogens is 6.